The molecule has 0 saturated carbocycles. The van der Waals surface area contributed by atoms with Gasteiger partial charge < -0.3 is 11.1 Å². The Morgan fingerprint density at radius 3 is 2.47 bits per heavy atom. The zero-order valence-electron chi connectivity index (χ0n) is 10.3. The van der Waals surface area contributed by atoms with Gasteiger partial charge in [-0.25, -0.2) is 0 Å². The normalized spacial score (nSPS) is 17.1. The smallest absolute Gasteiger partial charge is 0.0676 e. The predicted molar refractivity (Wildman–Crippen MR) is 85.3 cm³/mol. The third kappa shape index (κ3) is 1.77. The van der Waals surface area contributed by atoms with Gasteiger partial charge in [-0.2, -0.15) is 0 Å². The molecule has 4 heteroatoms. The van der Waals surface area contributed by atoms with Gasteiger partial charge in [0.15, 0.2) is 0 Å². The van der Waals surface area contributed by atoms with Gasteiger partial charge in [0.05, 0.1) is 5.54 Å². The standard InChI is InChI=1S/C15H14N2S.ClH/c16-15(8-17-9-15)12-6-3-5-11-10-4-1-2-7-13(10)18-14(11)12;/h1-7,17H,8-9,16H2;1H. The molecule has 2 aromatic carbocycles. The molecule has 0 aliphatic carbocycles. The number of thiophene rings is 1. The molecule has 0 bridgehead atoms. The van der Waals surface area contributed by atoms with E-state index in [1.807, 2.05) is 11.3 Å². The highest BCUT2D eigenvalue weighted by Gasteiger charge is 2.35. The van der Waals surface area contributed by atoms with E-state index < -0.39 is 0 Å². The molecule has 0 unspecified atom stereocenters. The molecule has 4 rings (SSSR count). The van der Waals surface area contributed by atoms with Gasteiger partial charge in [-0.3, -0.25) is 0 Å². The summed E-state index contributed by atoms with van der Waals surface area (Å²) >= 11 is 1.86. The molecule has 2 nitrogen and oxygen atoms in total. The summed E-state index contributed by atoms with van der Waals surface area (Å²) in [4.78, 5) is 0. The van der Waals surface area contributed by atoms with Crippen LogP contribution >= 0.6 is 23.7 Å². The first-order valence-electron chi connectivity index (χ1n) is 6.18. The van der Waals surface area contributed by atoms with Crippen LogP contribution in [0.25, 0.3) is 20.2 Å². The van der Waals surface area contributed by atoms with Crippen LogP contribution in [-0.2, 0) is 5.54 Å². The van der Waals surface area contributed by atoms with Crippen molar-refractivity contribution in [2.24, 2.45) is 5.73 Å². The number of hydrogen-bond donors (Lipinski definition) is 2. The first kappa shape index (κ1) is 12.9. The van der Waals surface area contributed by atoms with Crippen molar-refractivity contribution in [2.75, 3.05) is 13.1 Å². The van der Waals surface area contributed by atoms with Crippen LogP contribution in [0.1, 0.15) is 5.56 Å². The van der Waals surface area contributed by atoms with E-state index in [2.05, 4.69) is 47.8 Å². The van der Waals surface area contributed by atoms with E-state index in [0.717, 1.165) is 13.1 Å². The quantitative estimate of drug-likeness (QED) is 0.722. The summed E-state index contributed by atoms with van der Waals surface area (Å²) in [6.07, 6.45) is 0. The number of rotatable bonds is 1. The largest absolute Gasteiger partial charge is 0.319 e. The maximum Gasteiger partial charge on any atom is 0.0676 e. The summed E-state index contributed by atoms with van der Waals surface area (Å²) < 4.78 is 2.69. The van der Waals surface area contributed by atoms with Gasteiger partial charge in [-0.05, 0) is 11.6 Å². The Balaban J connectivity index is 0.00000110. The molecule has 0 radical (unpaired) electrons. The maximum absolute atomic E-state index is 6.46. The summed E-state index contributed by atoms with van der Waals surface area (Å²) in [6, 6.07) is 15.1. The molecule has 1 aliphatic rings. The van der Waals surface area contributed by atoms with Crippen LogP contribution in [0, 0.1) is 0 Å². The van der Waals surface area contributed by atoms with E-state index in [1.165, 1.54) is 25.7 Å². The maximum atomic E-state index is 6.46. The van der Waals surface area contributed by atoms with Crippen molar-refractivity contribution in [1.82, 2.24) is 5.32 Å². The molecule has 0 spiro atoms. The average Bonchev–Trinajstić information content (AvgIpc) is 2.74. The van der Waals surface area contributed by atoms with E-state index in [0.29, 0.717) is 0 Å². The van der Waals surface area contributed by atoms with Gasteiger partial charge in [0, 0.05) is 33.3 Å². The molecular weight excluding hydrogens is 276 g/mol. The number of hydrogen-bond acceptors (Lipinski definition) is 3. The Bertz CT molecular complexity index is 746. The second-order valence-electron chi connectivity index (χ2n) is 5.04. The van der Waals surface area contributed by atoms with Crippen molar-refractivity contribution in [2.45, 2.75) is 5.54 Å². The SMILES string of the molecule is Cl.NC1(c2cccc3c2sc2ccccc23)CNC1. The van der Waals surface area contributed by atoms with Crippen molar-refractivity contribution < 1.29 is 0 Å². The number of nitrogens with one attached hydrogen (secondary N) is 1. The van der Waals surface area contributed by atoms with Gasteiger partial charge in [0.25, 0.3) is 0 Å². The van der Waals surface area contributed by atoms with Crippen LogP contribution in [-0.4, -0.2) is 13.1 Å². The highest BCUT2D eigenvalue weighted by Crippen LogP contribution is 2.39. The molecule has 0 amide bonds. The van der Waals surface area contributed by atoms with Crippen LogP contribution in [0.2, 0.25) is 0 Å². The van der Waals surface area contributed by atoms with E-state index in [1.54, 1.807) is 0 Å². The second kappa shape index (κ2) is 4.46. The summed E-state index contributed by atoms with van der Waals surface area (Å²) in [5.41, 5.74) is 7.57. The lowest BCUT2D eigenvalue weighted by atomic mass is 9.85. The van der Waals surface area contributed by atoms with E-state index >= 15 is 0 Å². The summed E-state index contributed by atoms with van der Waals surface area (Å²) in [7, 11) is 0. The molecular formula is C15H15ClN2S. The lowest BCUT2D eigenvalue weighted by Crippen LogP contribution is -2.62. The van der Waals surface area contributed by atoms with Crippen LogP contribution in [0.3, 0.4) is 0 Å². The molecule has 0 atom stereocenters. The molecule has 3 aromatic rings. The van der Waals surface area contributed by atoms with Gasteiger partial charge in [-0.15, -0.1) is 23.7 Å². The zero-order valence-corrected chi connectivity index (χ0v) is 12.0. The molecule has 1 aliphatic heterocycles. The Morgan fingerprint density at radius 1 is 1.00 bits per heavy atom. The number of fused-ring (bicyclic) bond motifs is 3. The third-order valence-electron chi connectivity index (χ3n) is 3.82. The Labute approximate surface area is 122 Å². The van der Waals surface area contributed by atoms with E-state index in [4.69, 9.17) is 5.73 Å². The average molecular weight is 291 g/mol. The van der Waals surface area contributed by atoms with Crippen LogP contribution in [0.15, 0.2) is 42.5 Å². The summed E-state index contributed by atoms with van der Waals surface area (Å²) in [5.74, 6) is 0. The van der Waals surface area contributed by atoms with Crippen molar-refractivity contribution in [3.63, 3.8) is 0 Å². The van der Waals surface area contributed by atoms with Gasteiger partial charge in [0.2, 0.25) is 0 Å². The Kier molecular flexibility index (Phi) is 3.02. The topological polar surface area (TPSA) is 38.0 Å². The highest BCUT2D eigenvalue weighted by molar-refractivity contribution is 7.26. The van der Waals surface area contributed by atoms with Gasteiger partial charge in [-0.1, -0.05) is 36.4 Å². The van der Waals surface area contributed by atoms with Crippen LogP contribution in [0.5, 0.6) is 0 Å². The summed E-state index contributed by atoms with van der Waals surface area (Å²) in [5, 5.41) is 5.96. The van der Waals surface area contributed by atoms with Gasteiger partial charge >= 0.3 is 0 Å². The molecule has 1 fully saturated rings. The van der Waals surface area contributed by atoms with Gasteiger partial charge in [0.1, 0.15) is 0 Å². The molecule has 98 valence electrons. The fourth-order valence-corrected chi connectivity index (χ4v) is 4.05. The molecule has 3 N–H and O–H groups in total. The van der Waals surface area contributed by atoms with Crippen LogP contribution < -0.4 is 11.1 Å². The lowest BCUT2D eigenvalue weighted by Gasteiger charge is -2.39. The third-order valence-corrected chi connectivity index (χ3v) is 5.04. The number of halogens is 1. The lowest BCUT2D eigenvalue weighted by molar-refractivity contribution is 0.290. The first-order valence-corrected chi connectivity index (χ1v) is 7.00. The molecule has 1 aromatic heterocycles. The van der Waals surface area contributed by atoms with Crippen molar-refractivity contribution in [1.29, 1.82) is 0 Å². The fraction of sp³-hybridized carbons (Fsp3) is 0.200. The van der Waals surface area contributed by atoms with Crippen molar-refractivity contribution >= 4 is 43.9 Å². The minimum absolute atomic E-state index is 0. The van der Waals surface area contributed by atoms with E-state index in [9.17, 15) is 0 Å². The van der Waals surface area contributed by atoms with Crippen LogP contribution in [0.4, 0.5) is 0 Å². The first-order chi connectivity index (χ1) is 8.78. The fourth-order valence-electron chi connectivity index (χ4n) is 2.72. The molecule has 1 saturated heterocycles. The summed E-state index contributed by atoms with van der Waals surface area (Å²) in [6.45, 7) is 1.75. The highest BCUT2D eigenvalue weighted by atomic mass is 35.5. The van der Waals surface area contributed by atoms with Crippen molar-refractivity contribution in [3.8, 4) is 0 Å². The minimum atomic E-state index is -0.180. The zero-order chi connectivity index (χ0) is 12.2. The second-order valence-corrected chi connectivity index (χ2v) is 6.09. The number of nitrogens with two attached hydrogens (primary N) is 1. The monoisotopic (exact) mass is 290 g/mol. The Morgan fingerprint density at radius 2 is 1.74 bits per heavy atom. The minimum Gasteiger partial charge on any atom is -0.319 e. The Hall–Kier alpha value is -1.13. The molecule has 19 heavy (non-hydrogen) atoms. The van der Waals surface area contributed by atoms with E-state index in [-0.39, 0.29) is 17.9 Å². The predicted octanol–water partition coefficient (Wildman–Crippen LogP) is 3.23. The number of benzene rings is 2. The molecule has 2 heterocycles. The van der Waals surface area contributed by atoms with Crippen molar-refractivity contribution in [3.05, 3.63) is 48.0 Å².